The molecule has 1 N–H and O–H groups in total. The summed E-state index contributed by atoms with van der Waals surface area (Å²) < 4.78 is 4.96. The molecule has 0 saturated heterocycles. The van der Waals surface area contributed by atoms with Gasteiger partial charge >= 0.3 is 5.97 Å². The van der Waals surface area contributed by atoms with E-state index in [1.807, 2.05) is 4.90 Å². The molecule has 0 radical (unpaired) electrons. The Morgan fingerprint density at radius 3 is 2.94 bits per heavy atom. The fourth-order valence-corrected chi connectivity index (χ4v) is 1.33. The van der Waals surface area contributed by atoms with E-state index in [9.17, 15) is 4.79 Å². The highest BCUT2D eigenvalue weighted by atomic mass is 16.5. The van der Waals surface area contributed by atoms with Crippen molar-refractivity contribution in [1.82, 2.24) is 5.16 Å². The van der Waals surface area contributed by atoms with E-state index < -0.39 is 11.9 Å². The number of nitrogens with zero attached hydrogens (tertiary/aromatic N) is 2. The number of carboxylic acid groups (broad SMARTS) is 1. The third-order valence-electron chi connectivity index (χ3n) is 2.20. The Morgan fingerprint density at radius 1 is 1.81 bits per heavy atom. The maximum absolute atomic E-state index is 10.8. The minimum absolute atomic E-state index is 0.382. The molecular formula is C11H16N2O3. The maximum atomic E-state index is 10.8. The first-order chi connectivity index (χ1) is 7.54. The van der Waals surface area contributed by atoms with E-state index >= 15 is 0 Å². The molecule has 1 aromatic rings. The van der Waals surface area contributed by atoms with Crippen LogP contribution in [0.5, 0.6) is 0 Å². The zero-order valence-corrected chi connectivity index (χ0v) is 9.51. The maximum Gasteiger partial charge on any atom is 0.308 e. The topological polar surface area (TPSA) is 66.6 Å². The molecule has 16 heavy (non-hydrogen) atoms. The van der Waals surface area contributed by atoms with Gasteiger partial charge in [-0.2, -0.15) is 0 Å². The fourth-order valence-electron chi connectivity index (χ4n) is 1.33. The van der Waals surface area contributed by atoms with Crippen LogP contribution in [-0.2, 0) is 4.79 Å². The lowest BCUT2D eigenvalue weighted by Crippen LogP contribution is -2.32. The highest BCUT2D eigenvalue weighted by Crippen LogP contribution is 2.15. The van der Waals surface area contributed by atoms with Crippen LogP contribution in [0.15, 0.2) is 23.2 Å². The molecule has 0 aliphatic heterocycles. The lowest BCUT2D eigenvalue weighted by molar-refractivity contribution is -0.140. The molecule has 0 aliphatic carbocycles. The second-order valence-corrected chi connectivity index (χ2v) is 3.73. The molecule has 0 fully saturated rings. The highest BCUT2D eigenvalue weighted by molar-refractivity contribution is 5.70. The largest absolute Gasteiger partial charge is 0.481 e. The predicted octanol–water partition coefficient (Wildman–Crippen LogP) is 1.70. The fraction of sp³-hybridized carbons (Fsp3) is 0.455. The predicted molar refractivity (Wildman–Crippen MR) is 60.4 cm³/mol. The van der Waals surface area contributed by atoms with Gasteiger partial charge in [0.05, 0.1) is 5.92 Å². The number of hydrogen-bond donors (Lipinski definition) is 1. The van der Waals surface area contributed by atoms with Gasteiger partial charge in [-0.1, -0.05) is 18.2 Å². The Hall–Kier alpha value is -1.78. The third-order valence-corrected chi connectivity index (χ3v) is 2.20. The summed E-state index contributed by atoms with van der Waals surface area (Å²) in [6.45, 7) is 8.02. The van der Waals surface area contributed by atoms with Gasteiger partial charge in [0, 0.05) is 19.2 Å². The van der Waals surface area contributed by atoms with Gasteiger partial charge in [-0.25, -0.2) is 0 Å². The molecule has 1 unspecified atom stereocenters. The number of aryl methyl sites for hydroxylation is 1. The molecule has 5 nitrogen and oxygen atoms in total. The zero-order valence-electron chi connectivity index (χ0n) is 9.51. The summed E-state index contributed by atoms with van der Waals surface area (Å²) in [5.41, 5.74) is 0. The van der Waals surface area contributed by atoms with E-state index in [-0.39, 0.29) is 0 Å². The van der Waals surface area contributed by atoms with Crippen LogP contribution in [0, 0.1) is 12.8 Å². The van der Waals surface area contributed by atoms with Crippen LogP contribution in [0.25, 0.3) is 0 Å². The molecule has 0 bridgehead atoms. The van der Waals surface area contributed by atoms with Crippen molar-refractivity contribution in [2.24, 2.45) is 5.92 Å². The molecule has 1 aromatic heterocycles. The average Bonchev–Trinajstić information content (AvgIpc) is 2.64. The lowest BCUT2D eigenvalue weighted by atomic mass is 10.1. The smallest absolute Gasteiger partial charge is 0.308 e. The van der Waals surface area contributed by atoms with Crippen LogP contribution in [0.2, 0.25) is 0 Å². The van der Waals surface area contributed by atoms with Gasteiger partial charge in [0.15, 0.2) is 5.82 Å². The van der Waals surface area contributed by atoms with Gasteiger partial charge < -0.3 is 14.5 Å². The quantitative estimate of drug-likeness (QED) is 0.745. The molecule has 1 atom stereocenters. The van der Waals surface area contributed by atoms with Gasteiger partial charge in [-0.3, -0.25) is 4.79 Å². The van der Waals surface area contributed by atoms with Crippen LogP contribution in [0.3, 0.4) is 0 Å². The summed E-state index contributed by atoms with van der Waals surface area (Å²) in [5.74, 6) is 0.0591. The molecule has 0 aromatic carbocycles. The van der Waals surface area contributed by atoms with E-state index in [4.69, 9.17) is 9.63 Å². The summed E-state index contributed by atoms with van der Waals surface area (Å²) >= 11 is 0. The van der Waals surface area contributed by atoms with Gasteiger partial charge in [0.25, 0.3) is 0 Å². The van der Waals surface area contributed by atoms with Crippen LogP contribution in [0.4, 0.5) is 5.82 Å². The normalized spacial score (nSPS) is 12.1. The first kappa shape index (κ1) is 12.3. The second-order valence-electron chi connectivity index (χ2n) is 3.73. The molecule has 5 heteroatoms. The third kappa shape index (κ3) is 3.12. The number of carboxylic acids is 1. The van der Waals surface area contributed by atoms with E-state index in [2.05, 4.69) is 11.7 Å². The Kier molecular flexibility index (Phi) is 4.10. The molecular weight excluding hydrogens is 208 g/mol. The molecule has 0 amide bonds. The van der Waals surface area contributed by atoms with Crippen molar-refractivity contribution in [3.8, 4) is 0 Å². The van der Waals surface area contributed by atoms with Crippen molar-refractivity contribution in [3.63, 3.8) is 0 Å². The number of aliphatic carboxylic acids is 1. The van der Waals surface area contributed by atoms with Gasteiger partial charge in [0.2, 0.25) is 0 Å². The van der Waals surface area contributed by atoms with E-state index in [0.717, 1.165) is 0 Å². The molecule has 88 valence electrons. The molecule has 0 saturated carbocycles. The van der Waals surface area contributed by atoms with Crippen LogP contribution >= 0.6 is 0 Å². The zero-order chi connectivity index (χ0) is 12.1. The number of anilines is 1. The Bertz CT molecular complexity index is 373. The van der Waals surface area contributed by atoms with Crippen molar-refractivity contribution in [3.05, 3.63) is 24.5 Å². The summed E-state index contributed by atoms with van der Waals surface area (Å²) in [6, 6.07) is 1.78. The second kappa shape index (κ2) is 5.34. The number of hydrogen-bond acceptors (Lipinski definition) is 4. The monoisotopic (exact) mass is 224 g/mol. The Balaban J connectivity index is 2.75. The van der Waals surface area contributed by atoms with Crippen molar-refractivity contribution < 1.29 is 14.4 Å². The Morgan fingerprint density at radius 2 is 2.50 bits per heavy atom. The minimum Gasteiger partial charge on any atom is -0.481 e. The Labute approximate surface area is 94.3 Å². The highest BCUT2D eigenvalue weighted by Gasteiger charge is 2.17. The minimum atomic E-state index is -0.825. The van der Waals surface area contributed by atoms with E-state index in [1.165, 1.54) is 0 Å². The van der Waals surface area contributed by atoms with Gasteiger partial charge in [0.1, 0.15) is 5.76 Å². The summed E-state index contributed by atoms with van der Waals surface area (Å²) in [7, 11) is 0. The van der Waals surface area contributed by atoms with Crippen LogP contribution < -0.4 is 4.90 Å². The van der Waals surface area contributed by atoms with Crippen molar-refractivity contribution in [2.45, 2.75) is 13.8 Å². The van der Waals surface area contributed by atoms with Crippen molar-refractivity contribution >= 4 is 11.8 Å². The van der Waals surface area contributed by atoms with Crippen LogP contribution in [0.1, 0.15) is 12.7 Å². The molecule has 1 heterocycles. The van der Waals surface area contributed by atoms with Gasteiger partial charge in [-0.05, 0) is 6.92 Å². The van der Waals surface area contributed by atoms with Gasteiger partial charge in [-0.15, -0.1) is 6.58 Å². The SMILES string of the molecule is C=CCN(CC(C)C(=O)O)c1cc(C)on1. The first-order valence-electron chi connectivity index (χ1n) is 5.06. The summed E-state index contributed by atoms with van der Waals surface area (Å²) in [5, 5.41) is 12.7. The van der Waals surface area contributed by atoms with E-state index in [1.54, 1.807) is 26.0 Å². The number of aromatic nitrogens is 1. The standard InChI is InChI=1S/C11H16N2O3/c1-4-5-13(7-8(2)11(14)15)10-6-9(3)16-12-10/h4,6,8H,1,5,7H2,2-3H3,(H,14,15). The summed E-state index contributed by atoms with van der Waals surface area (Å²) in [6.07, 6.45) is 1.71. The van der Waals surface area contributed by atoms with Crippen molar-refractivity contribution in [2.75, 3.05) is 18.0 Å². The molecule has 0 spiro atoms. The number of carbonyl (C=O) groups is 1. The average molecular weight is 224 g/mol. The van der Waals surface area contributed by atoms with Crippen molar-refractivity contribution in [1.29, 1.82) is 0 Å². The molecule has 1 rings (SSSR count). The van der Waals surface area contributed by atoms with E-state index in [0.29, 0.717) is 24.7 Å². The number of rotatable bonds is 6. The van der Waals surface area contributed by atoms with Crippen LogP contribution in [-0.4, -0.2) is 29.3 Å². The molecule has 0 aliphatic rings. The lowest BCUT2D eigenvalue weighted by Gasteiger charge is -2.21. The summed E-state index contributed by atoms with van der Waals surface area (Å²) in [4.78, 5) is 12.6. The first-order valence-corrected chi connectivity index (χ1v) is 5.06.